The van der Waals surface area contributed by atoms with E-state index in [9.17, 15) is 4.79 Å². The van der Waals surface area contributed by atoms with Gasteiger partial charge in [0.05, 0.1) is 11.0 Å². The summed E-state index contributed by atoms with van der Waals surface area (Å²) in [6, 6.07) is 17.8. The maximum absolute atomic E-state index is 12.5. The van der Waals surface area contributed by atoms with E-state index in [0.717, 1.165) is 77.7 Å². The second-order valence-corrected chi connectivity index (χ2v) is 14.2. The van der Waals surface area contributed by atoms with E-state index in [1.165, 1.54) is 33.8 Å². The van der Waals surface area contributed by atoms with E-state index in [1.54, 1.807) is 0 Å². The number of fused-ring (bicyclic) bond motifs is 2. The summed E-state index contributed by atoms with van der Waals surface area (Å²) < 4.78 is 2.60. The zero-order valence-corrected chi connectivity index (χ0v) is 31.2. The predicted molar refractivity (Wildman–Crippen MR) is 193 cm³/mol. The molecule has 5 rings (SSSR count). The summed E-state index contributed by atoms with van der Waals surface area (Å²) in [7, 11) is 0. The first kappa shape index (κ1) is 37.1. The Balaban J connectivity index is 0.00000500. The van der Waals surface area contributed by atoms with E-state index in [1.807, 2.05) is 0 Å². The van der Waals surface area contributed by atoms with Gasteiger partial charge in [-0.15, -0.1) is 0 Å². The lowest BCUT2D eigenvalue weighted by Gasteiger charge is -2.44. The molecule has 2 aromatic rings. The first-order valence-corrected chi connectivity index (χ1v) is 17.6. The number of halogens is 1. The van der Waals surface area contributed by atoms with Crippen molar-refractivity contribution in [1.29, 1.82) is 0 Å². The van der Waals surface area contributed by atoms with Gasteiger partial charge in [0.1, 0.15) is 6.54 Å². The van der Waals surface area contributed by atoms with Crippen LogP contribution in [0.4, 0.5) is 11.4 Å². The number of amides is 1. The summed E-state index contributed by atoms with van der Waals surface area (Å²) >= 11 is 0. The van der Waals surface area contributed by atoms with Gasteiger partial charge >= 0.3 is 0 Å². The molecule has 47 heavy (non-hydrogen) atoms. The van der Waals surface area contributed by atoms with Crippen LogP contribution in [0.1, 0.15) is 90.2 Å². The first-order valence-electron chi connectivity index (χ1n) is 17.6. The molecular formula is C40H56IN5O. The molecule has 2 aliphatic heterocycles. The number of anilines is 1. The largest absolute Gasteiger partial charge is 1.00 e. The highest BCUT2D eigenvalue weighted by atomic mass is 127. The lowest BCUT2D eigenvalue weighted by molar-refractivity contribution is -0.439. The molecule has 1 unspecified atom stereocenters. The monoisotopic (exact) mass is 749 g/mol. The van der Waals surface area contributed by atoms with Gasteiger partial charge in [-0.05, 0) is 83.6 Å². The average Bonchev–Trinajstić information content (AvgIpc) is 3.40. The summed E-state index contributed by atoms with van der Waals surface area (Å²) in [6.45, 7) is 13.9. The van der Waals surface area contributed by atoms with E-state index in [2.05, 4.69) is 127 Å². The van der Waals surface area contributed by atoms with Gasteiger partial charge in [-0.1, -0.05) is 80.6 Å². The van der Waals surface area contributed by atoms with Gasteiger partial charge in [-0.25, -0.2) is 0 Å². The zero-order chi connectivity index (χ0) is 32.6. The number of nitrogens with zero attached hydrogens (tertiary/aromatic N) is 1. The molecule has 0 radical (unpaired) electrons. The Bertz CT molecular complexity index is 1500. The lowest BCUT2D eigenvalue weighted by Crippen LogP contribution is -3.00. The zero-order valence-electron chi connectivity index (χ0n) is 29.0. The Hall–Kier alpha value is -2.75. The molecule has 1 spiro atoms. The van der Waals surface area contributed by atoms with Crippen molar-refractivity contribution in [2.24, 2.45) is 5.73 Å². The van der Waals surface area contributed by atoms with Gasteiger partial charge < -0.3 is 45.7 Å². The van der Waals surface area contributed by atoms with Gasteiger partial charge in [0.2, 0.25) is 11.6 Å². The minimum absolute atomic E-state index is 0. The lowest BCUT2D eigenvalue weighted by atomic mass is 9.61. The smallest absolute Gasteiger partial charge is 0.219 e. The fourth-order valence-corrected chi connectivity index (χ4v) is 7.85. The number of rotatable bonds is 15. The molecule has 0 aromatic heterocycles. The van der Waals surface area contributed by atoms with Gasteiger partial charge in [0, 0.05) is 47.7 Å². The fraction of sp³-hybridized carbons (Fsp3) is 0.500. The Morgan fingerprint density at radius 2 is 1.60 bits per heavy atom. The van der Waals surface area contributed by atoms with Crippen LogP contribution < -0.4 is 45.7 Å². The Kier molecular flexibility index (Phi) is 13.1. The van der Waals surface area contributed by atoms with Crippen molar-refractivity contribution >= 4 is 23.0 Å². The minimum atomic E-state index is -0.303. The van der Waals surface area contributed by atoms with Gasteiger partial charge in [-0.3, -0.25) is 4.79 Å². The van der Waals surface area contributed by atoms with Crippen molar-refractivity contribution in [3.8, 4) is 0 Å². The van der Waals surface area contributed by atoms with Crippen molar-refractivity contribution in [2.45, 2.75) is 95.4 Å². The fourth-order valence-electron chi connectivity index (χ4n) is 7.85. The quantitative estimate of drug-likeness (QED) is 0.126. The van der Waals surface area contributed by atoms with Gasteiger partial charge in [-0.2, -0.15) is 4.58 Å². The van der Waals surface area contributed by atoms with Gasteiger partial charge in [0.25, 0.3) is 0 Å². The number of carbonyl (C=O) groups excluding carboxylic acids is 1. The number of hydrogen-bond acceptors (Lipinski definition) is 4. The number of hydrogen-bond donors (Lipinski definition) is 4. The summed E-state index contributed by atoms with van der Waals surface area (Å²) in [5.74, 6) is 0.165. The summed E-state index contributed by atoms with van der Waals surface area (Å²) in [4.78, 5) is 12.5. The molecule has 3 aliphatic rings. The van der Waals surface area contributed by atoms with E-state index in [-0.39, 0.29) is 46.3 Å². The maximum Gasteiger partial charge on any atom is 0.219 e. The summed E-state index contributed by atoms with van der Waals surface area (Å²) in [5.41, 5.74) is 13.0. The number of benzene rings is 2. The SMILES string of the molecule is CC1(C)C(/C2=C/C=C\C=C/CC23Nc2ccccc2C3(C)C)=[N+](CCCCCC(=O)NCCCNCCCCN)c2ccccc21.[I-]. The number of nitrogens with one attached hydrogen (secondary N) is 3. The molecular weight excluding hydrogens is 693 g/mol. The van der Waals surface area contributed by atoms with Crippen LogP contribution in [0, 0.1) is 0 Å². The normalized spacial score (nSPS) is 22.6. The van der Waals surface area contributed by atoms with Crippen LogP contribution >= 0.6 is 0 Å². The molecule has 1 aliphatic carbocycles. The molecule has 254 valence electrons. The summed E-state index contributed by atoms with van der Waals surface area (Å²) in [6.07, 6.45) is 18.8. The molecule has 5 N–H and O–H groups in total. The van der Waals surface area contributed by atoms with Crippen molar-refractivity contribution in [1.82, 2.24) is 10.6 Å². The summed E-state index contributed by atoms with van der Waals surface area (Å²) in [5, 5.41) is 10.6. The molecule has 0 saturated carbocycles. The van der Waals surface area contributed by atoms with Crippen molar-refractivity contribution in [3.63, 3.8) is 0 Å². The van der Waals surface area contributed by atoms with E-state index in [4.69, 9.17) is 5.73 Å². The minimum Gasteiger partial charge on any atom is -1.00 e. The van der Waals surface area contributed by atoms with Crippen LogP contribution in [0.2, 0.25) is 0 Å². The van der Waals surface area contributed by atoms with Gasteiger partial charge in [0.15, 0.2) is 5.71 Å². The maximum atomic E-state index is 12.5. The van der Waals surface area contributed by atoms with Crippen LogP contribution in [0.25, 0.3) is 0 Å². The molecule has 0 saturated heterocycles. The Morgan fingerprint density at radius 3 is 2.38 bits per heavy atom. The van der Waals surface area contributed by atoms with Crippen LogP contribution in [0.3, 0.4) is 0 Å². The van der Waals surface area contributed by atoms with Crippen LogP contribution in [0.15, 0.2) is 84.5 Å². The number of nitrogens with two attached hydrogens (primary N) is 1. The molecule has 0 bridgehead atoms. The van der Waals surface area contributed by atoms with Crippen LogP contribution in [-0.4, -0.2) is 54.5 Å². The van der Waals surface area contributed by atoms with Crippen molar-refractivity contribution in [2.75, 3.05) is 38.0 Å². The highest BCUT2D eigenvalue weighted by Gasteiger charge is 2.59. The number of unbranched alkanes of at least 4 members (excludes halogenated alkanes) is 3. The van der Waals surface area contributed by atoms with E-state index < -0.39 is 0 Å². The van der Waals surface area contributed by atoms with Crippen LogP contribution in [0.5, 0.6) is 0 Å². The Labute approximate surface area is 300 Å². The molecule has 1 atom stereocenters. The van der Waals surface area contributed by atoms with Crippen molar-refractivity contribution in [3.05, 3.63) is 95.6 Å². The molecule has 2 aromatic carbocycles. The Morgan fingerprint density at radius 1 is 0.851 bits per heavy atom. The molecule has 6 nitrogen and oxygen atoms in total. The first-order chi connectivity index (χ1) is 22.2. The number of allylic oxidation sites excluding steroid dienone is 4. The second-order valence-electron chi connectivity index (χ2n) is 14.2. The highest BCUT2D eigenvalue weighted by Crippen LogP contribution is 2.55. The van der Waals surface area contributed by atoms with Crippen molar-refractivity contribution < 1.29 is 33.3 Å². The van der Waals surface area contributed by atoms with E-state index in [0.29, 0.717) is 6.42 Å². The molecule has 1 amide bonds. The highest BCUT2D eigenvalue weighted by molar-refractivity contribution is 6.10. The van der Waals surface area contributed by atoms with Crippen LogP contribution in [-0.2, 0) is 15.6 Å². The third-order valence-electron chi connectivity index (χ3n) is 10.5. The number of carbonyl (C=O) groups is 1. The standard InChI is InChI=1S/C40H55N5O.HI/c1-38(2)32-20-11-13-23-35(32)45(30-17-7-9-24-36(46)43-29-18-28-42-27-16-15-26-41)37(38)33-21-8-5-6-14-25-40(33)39(3,4)31-19-10-12-22-34(31)44-40;/h5-6,8,10-14,19-23,42,44H,7,9,15-18,24-30,41H2,1-4H3;1H/b8-5-,14-6-,33-21-;. The molecule has 2 heterocycles. The molecule has 7 heteroatoms. The molecule has 0 fully saturated rings. The average molecular weight is 750 g/mol. The second kappa shape index (κ2) is 16.6. The predicted octanol–water partition coefficient (Wildman–Crippen LogP) is 4.05. The topological polar surface area (TPSA) is 82.2 Å². The third kappa shape index (κ3) is 7.78. The third-order valence-corrected chi connectivity index (χ3v) is 10.5. The van der Waals surface area contributed by atoms with E-state index >= 15 is 0 Å². The number of para-hydroxylation sites is 2.